The smallest absolute Gasteiger partial charge is 0.120 e. The minimum Gasteiger partial charge on any atom is -0.508 e. The predicted molar refractivity (Wildman–Crippen MR) is 76.6 cm³/mol. The van der Waals surface area contributed by atoms with Crippen molar-refractivity contribution in [3.63, 3.8) is 0 Å². The van der Waals surface area contributed by atoms with Crippen LogP contribution in [0.1, 0.15) is 18.5 Å². The molecule has 0 aliphatic rings. The molecule has 0 heterocycles. The second kappa shape index (κ2) is 5.51. The summed E-state index contributed by atoms with van der Waals surface area (Å²) in [5.74, 6) is 0.230. The van der Waals surface area contributed by atoms with Crippen LogP contribution >= 0.6 is 23.2 Å². The summed E-state index contributed by atoms with van der Waals surface area (Å²) >= 11 is 11.8. The molecule has 18 heavy (non-hydrogen) atoms. The zero-order chi connectivity index (χ0) is 13.1. The van der Waals surface area contributed by atoms with E-state index in [1.54, 1.807) is 18.2 Å². The third kappa shape index (κ3) is 3.09. The highest BCUT2D eigenvalue weighted by molar-refractivity contribution is 6.31. The van der Waals surface area contributed by atoms with Gasteiger partial charge in [-0.2, -0.15) is 0 Å². The van der Waals surface area contributed by atoms with Crippen molar-refractivity contribution in [2.75, 3.05) is 5.32 Å². The van der Waals surface area contributed by atoms with E-state index >= 15 is 0 Å². The Kier molecular flexibility index (Phi) is 4.00. The highest BCUT2D eigenvalue weighted by Gasteiger charge is 2.10. The Bertz CT molecular complexity index is 540. The van der Waals surface area contributed by atoms with Gasteiger partial charge in [0.25, 0.3) is 0 Å². The van der Waals surface area contributed by atoms with Gasteiger partial charge in [-0.3, -0.25) is 0 Å². The summed E-state index contributed by atoms with van der Waals surface area (Å²) in [6.45, 7) is 1.96. The highest BCUT2D eigenvalue weighted by Crippen LogP contribution is 2.29. The Morgan fingerprint density at radius 1 is 1.00 bits per heavy atom. The number of aromatic hydroxyl groups is 1. The fourth-order valence-electron chi connectivity index (χ4n) is 1.75. The molecular weight excluding hydrogens is 269 g/mol. The lowest BCUT2D eigenvalue weighted by Crippen LogP contribution is -2.06. The number of phenols is 1. The molecule has 2 rings (SSSR count). The molecule has 0 spiro atoms. The summed E-state index contributed by atoms with van der Waals surface area (Å²) < 4.78 is 0. The van der Waals surface area contributed by atoms with Crippen molar-refractivity contribution in [2.24, 2.45) is 0 Å². The van der Waals surface area contributed by atoms with Crippen molar-refractivity contribution >= 4 is 28.9 Å². The Morgan fingerprint density at radius 3 is 2.28 bits per heavy atom. The maximum Gasteiger partial charge on any atom is 0.120 e. The summed E-state index contributed by atoms with van der Waals surface area (Å²) in [5.41, 5.74) is 1.70. The van der Waals surface area contributed by atoms with Crippen LogP contribution in [0.15, 0.2) is 42.5 Å². The first-order valence-corrected chi connectivity index (χ1v) is 6.32. The Hall–Kier alpha value is -1.38. The zero-order valence-corrected chi connectivity index (χ0v) is 11.3. The topological polar surface area (TPSA) is 32.3 Å². The van der Waals surface area contributed by atoms with Gasteiger partial charge in [0.15, 0.2) is 0 Å². The number of hydrogen-bond acceptors (Lipinski definition) is 2. The molecule has 4 heteroatoms. The van der Waals surface area contributed by atoms with Crippen molar-refractivity contribution in [3.8, 4) is 5.75 Å². The maximum atomic E-state index is 9.81. The van der Waals surface area contributed by atoms with Gasteiger partial charge in [-0.25, -0.2) is 0 Å². The summed E-state index contributed by atoms with van der Waals surface area (Å²) in [5, 5.41) is 14.4. The fraction of sp³-hybridized carbons (Fsp3) is 0.143. The van der Waals surface area contributed by atoms with Crippen molar-refractivity contribution in [1.82, 2.24) is 0 Å². The first-order valence-electron chi connectivity index (χ1n) is 5.57. The van der Waals surface area contributed by atoms with Crippen LogP contribution in [0.4, 0.5) is 5.69 Å². The van der Waals surface area contributed by atoms with Gasteiger partial charge in [-0.15, -0.1) is 0 Å². The minimum atomic E-state index is -0.0510. The molecule has 0 bridgehead atoms. The molecule has 0 amide bonds. The third-order valence-corrected chi connectivity index (χ3v) is 3.17. The molecule has 0 saturated carbocycles. The summed E-state index contributed by atoms with van der Waals surface area (Å²) in [6.07, 6.45) is 0. The monoisotopic (exact) mass is 281 g/mol. The molecule has 94 valence electrons. The SMILES string of the molecule is C[C@@H](Nc1ccc(Cl)cc1)c1cc(Cl)ccc1O. The van der Waals surface area contributed by atoms with Gasteiger partial charge in [0.05, 0.1) is 6.04 Å². The third-order valence-electron chi connectivity index (χ3n) is 2.68. The molecule has 1 atom stereocenters. The van der Waals surface area contributed by atoms with Gasteiger partial charge < -0.3 is 10.4 Å². The van der Waals surface area contributed by atoms with E-state index in [4.69, 9.17) is 23.2 Å². The summed E-state index contributed by atoms with van der Waals surface area (Å²) in [7, 11) is 0. The molecule has 0 radical (unpaired) electrons. The number of phenolic OH excluding ortho intramolecular Hbond substituents is 1. The Morgan fingerprint density at radius 2 is 1.61 bits per heavy atom. The van der Waals surface area contributed by atoms with Crippen molar-refractivity contribution < 1.29 is 5.11 Å². The Balaban J connectivity index is 2.18. The standard InChI is InChI=1S/C14H13Cl2NO/c1-9(13-8-11(16)4-7-14(13)18)17-12-5-2-10(15)3-6-12/h2-9,17-18H,1H3/t9-/m1/s1. The normalized spacial score (nSPS) is 12.2. The first-order chi connectivity index (χ1) is 8.56. The molecule has 2 N–H and O–H groups in total. The average Bonchev–Trinajstić information content (AvgIpc) is 2.35. The van der Waals surface area contributed by atoms with Gasteiger partial charge >= 0.3 is 0 Å². The van der Waals surface area contributed by atoms with E-state index in [-0.39, 0.29) is 11.8 Å². The molecule has 0 fully saturated rings. The Labute approximate surface area is 116 Å². The van der Waals surface area contributed by atoms with Crippen molar-refractivity contribution in [1.29, 1.82) is 0 Å². The van der Waals surface area contributed by atoms with E-state index in [0.29, 0.717) is 10.0 Å². The molecule has 2 aromatic carbocycles. The summed E-state index contributed by atoms with van der Waals surface area (Å²) in [4.78, 5) is 0. The molecule has 0 saturated heterocycles. The number of benzene rings is 2. The number of nitrogens with one attached hydrogen (secondary N) is 1. The molecule has 2 nitrogen and oxygen atoms in total. The lowest BCUT2D eigenvalue weighted by atomic mass is 10.1. The molecule has 0 aliphatic carbocycles. The van der Waals surface area contributed by atoms with E-state index in [9.17, 15) is 5.11 Å². The summed E-state index contributed by atoms with van der Waals surface area (Å²) in [6, 6.07) is 12.4. The number of hydrogen-bond donors (Lipinski definition) is 2. The van der Waals surface area contributed by atoms with Gasteiger partial charge in [0.2, 0.25) is 0 Å². The van der Waals surface area contributed by atoms with E-state index in [1.165, 1.54) is 0 Å². The number of halogens is 2. The predicted octanol–water partition coefficient (Wildman–Crippen LogP) is 4.87. The van der Waals surface area contributed by atoms with Crippen LogP contribution in [0.2, 0.25) is 10.0 Å². The number of rotatable bonds is 3. The lowest BCUT2D eigenvalue weighted by Gasteiger charge is -2.17. The molecular formula is C14H13Cl2NO. The fourth-order valence-corrected chi connectivity index (χ4v) is 2.05. The lowest BCUT2D eigenvalue weighted by molar-refractivity contribution is 0.465. The van der Waals surface area contributed by atoms with Crippen LogP contribution in [0, 0.1) is 0 Å². The van der Waals surface area contributed by atoms with E-state index < -0.39 is 0 Å². The van der Waals surface area contributed by atoms with E-state index in [1.807, 2.05) is 31.2 Å². The van der Waals surface area contributed by atoms with Gasteiger partial charge in [-0.1, -0.05) is 23.2 Å². The van der Waals surface area contributed by atoms with Crippen LogP contribution in [0.5, 0.6) is 5.75 Å². The van der Waals surface area contributed by atoms with Crippen LogP contribution < -0.4 is 5.32 Å². The molecule has 0 aliphatic heterocycles. The number of anilines is 1. The largest absolute Gasteiger partial charge is 0.508 e. The molecule has 0 aromatic heterocycles. The van der Waals surface area contributed by atoms with Crippen LogP contribution in [0.25, 0.3) is 0 Å². The van der Waals surface area contributed by atoms with Crippen LogP contribution in [-0.4, -0.2) is 5.11 Å². The van der Waals surface area contributed by atoms with Gasteiger partial charge in [-0.05, 0) is 49.4 Å². The van der Waals surface area contributed by atoms with Crippen LogP contribution in [0.3, 0.4) is 0 Å². The second-order valence-electron chi connectivity index (χ2n) is 4.08. The highest BCUT2D eigenvalue weighted by atomic mass is 35.5. The van der Waals surface area contributed by atoms with E-state index in [2.05, 4.69) is 5.32 Å². The first kappa shape index (κ1) is 13.1. The van der Waals surface area contributed by atoms with Crippen LogP contribution in [-0.2, 0) is 0 Å². The van der Waals surface area contributed by atoms with E-state index in [0.717, 1.165) is 11.3 Å². The van der Waals surface area contributed by atoms with Crippen molar-refractivity contribution in [3.05, 3.63) is 58.1 Å². The zero-order valence-electron chi connectivity index (χ0n) is 9.82. The van der Waals surface area contributed by atoms with Gasteiger partial charge in [0.1, 0.15) is 5.75 Å². The maximum absolute atomic E-state index is 9.81. The molecule has 2 aromatic rings. The minimum absolute atomic E-state index is 0.0510. The average molecular weight is 282 g/mol. The quantitative estimate of drug-likeness (QED) is 0.841. The molecule has 0 unspecified atom stereocenters. The van der Waals surface area contributed by atoms with Crippen molar-refractivity contribution in [2.45, 2.75) is 13.0 Å². The second-order valence-corrected chi connectivity index (χ2v) is 4.95. The van der Waals surface area contributed by atoms with Gasteiger partial charge in [0, 0.05) is 21.3 Å².